The number of hydrogen-bond donors (Lipinski definition) is 1. The molecule has 0 aliphatic rings. The lowest BCUT2D eigenvalue weighted by molar-refractivity contribution is -0.139. The molecule has 5 nitrogen and oxygen atoms in total. The van der Waals surface area contributed by atoms with E-state index in [0.29, 0.717) is 5.69 Å². The number of esters is 1. The maximum absolute atomic E-state index is 11.7. The van der Waals surface area contributed by atoms with Gasteiger partial charge in [0.05, 0.1) is 35.9 Å². The van der Waals surface area contributed by atoms with Crippen LogP contribution in [0.1, 0.15) is 5.69 Å². The maximum Gasteiger partial charge on any atom is 0.311 e. The standard InChI is InChI=1S/C21H17N3O2/c1-26-20(25)13-15-12-19(16-8-2-3-9-17(16)23-15)24-18-10-4-6-14-7-5-11-22-21(14)18/h2-12H,13H2,1H3,(H,23,24). The SMILES string of the molecule is COC(=O)Cc1cc(Nc2cccc3cccnc23)c2ccccc2n1. The van der Waals surface area contributed by atoms with Gasteiger partial charge < -0.3 is 10.1 Å². The monoisotopic (exact) mass is 343 g/mol. The molecule has 0 aliphatic heterocycles. The first-order chi connectivity index (χ1) is 12.7. The van der Waals surface area contributed by atoms with Crippen molar-refractivity contribution in [2.24, 2.45) is 0 Å². The molecular weight excluding hydrogens is 326 g/mol. The predicted octanol–water partition coefficient (Wildman–Crippen LogP) is 4.24. The highest BCUT2D eigenvalue weighted by atomic mass is 16.5. The minimum absolute atomic E-state index is 0.129. The number of carbonyl (C=O) groups is 1. The molecule has 4 rings (SSSR count). The molecule has 0 fully saturated rings. The van der Waals surface area contributed by atoms with Gasteiger partial charge in [0, 0.05) is 22.7 Å². The van der Waals surface area contributed by atoms with Gasteiger partial charge in [0.2, 0.25) is 0 Å². The van der Waals surface area contributed by atoms with Gasteiger partial charge >= 0.3 is 5.97 Å². The van der Waals surface area contributed by atoms with Gasteiger partial charge in [-0.2, -0.15) is 0 Å². The number of aromatic nitrogens is 2. The minimum atomic E-state index is -0.314. The third kappa shape index (κ3) is 3.07. The van der Waals surface area contributed by atoms with E-state index in [1.165, 1.54) is 7.11 Å². The Labute approximate surface area is 150 Å². The van der Waals surface area contributed by atoms with E-state index in [0.717, 1.165) is 33.2 Å². The number of para-hydroxylation sites is 2. The highest BCUT2D eigenvalue weighted by molar-refractivity contribution is 5.98. The van der Waals surface area contributed by atoms with Crippen molar-refractivity contribution in [3.63, 3.8) is 0 Å². The zero-order chi connectivity index (χ0) is 17.9. The Morgan fingerprint density at radius 2 is 1.88 bits per heavy atom. The molecule has 1 N–H and O–H groups in total. The highest BCUT2D eigenvalue weighted by Crippen LogP contribution is 2.29. The topological polar surface area (TPSA) is 64.1 Å². The van der Waals surface area contributed by atoms with E-state index in [-0.39, 0.29) is 12.4 Å². The van der Waals surface area contributed by atoms with Crippen LogP contribution in [0.5, 0.6) is 0 Å². The van der Waals surface area contributed by atoms with Crippen LogP contribution in [0.15, 0.2) is 66.9 Å². The number of anilines is 2. The van der Waals surface area contributed by atoms with Gasteiger partial charge in [0.15, 0.2) is 0 Å². The van der Waals surface area contributed by atoms with Crippen molar-refractivity contribution in [3.8, 4) is 0 Å². The smallest absolute Gasteiger partial charge is 0.311 e. The van der Waals surface area contributed by atoms with Gasteiger partial charge in [-0.1, -0.05) is 36.4 Å². The second-order valence-corrected chi connectivity index (χ2v) is 5.94. The number of nitrogens with zero attached hydrogens (tertiary/aromatic N) is 2. The summed E-state index contributed by atoms with van der Waals surface area (Å²) in [6.07, 6.45) is 1.91. The number of benzene rings is 2. The first-order valence-electron chi connectivity index (χ1n) is 8.31. The average Bonchev–Trinajstić information content (AvgIpc) is 2.68. The molecule has 5 heteroatoms. The Balaban J connectivity index is 1.83. The first-order valence-corrected chi connectivity index (χ1v) is 8.31. The van der Waals surface area contributed by atoms with Gasteiger partial charge in [-0.3, -0.25) is 14.8 Å². The number of rotatable bonds is 4. The van der Waals surface area contributed by atoms with E-state index < -0.39 is 0 Å². The third-order valence-electron chi connectivity index (χ3n) is 4.22. The second-order valence-electron chi connectivity index (χ2n) is 5.94. The van der Waals surface area contributed by atoms with Crippen LogP contribution in [0.2, 0.25) is 0 Å². The van der Waals surface area contributed by atoms with Crippen LogP contribution in [0.25, 0.3) is 21.8 Å². The van der Waals surface area contributed by atoms with Crippen molar-refractivity contribution in [1.29, 1.82) is 0 Å². The van der Waals surface area contributed by atoms with E-state index in [4.69, 9.17) is 4.74 Å². The Morgan fingerprint density at radius 3 is 2.77 bits per heavy atom. The summed E-state index contributed by atoms with van der Waals surface area (Å²) in [5, 5.41) is 5.51. The normalized spacial score (nSPS) is 10.8. The predicted molar refractivity (Wildman–Crippen MR) is 102 cm³/mol. The summed E-state index contributed by atoms with van der Waals surface area (Å²) in [5.74, 6) is -0.314. The molecule has 2 aromatic heterocycles. The van der Waals surface area contributed by atoms with Gasteiger partial charge in [-0.25, -0.2) is 0 Å². The van der Waals surface area contributed by atoms with Crippen molar-refractivity contribution >= 4 is 39.1 Å². The first kappa shape index (κ1) is 16.0. The van der Waals surface area contributed by atoms with Crippen LogP contribution in [-0.4, -0.2) is 23.0 Å². The molecule has 0 unspecified atom stereocenters. The number of methoxy groups -OCH3 is 1. The lowest BCUT2D eigenvalue weighted by atomic mass is 10.1. The number of pyridine rings is 2. The quantitative estimate of drug-likeness (QED) is 0.562. The Hall–Kier alpha value is -3.47. The van der Waals surface area contributed by atoms with Gasteiger partial charge in [0.25, 0.3) is 0 Å². The van der Waals surface area contributed by atoms with Crippen molar-refractivity contribution in [2.45, 2.75) is 6.42 Å². The largest absolute Gasteiger partial charge is 0.469 e. The fourth-order valence-electron chi connectivity index (χ4n) is 2.99. The van der Waals surface area contributed by atoms with Gasteiger partial charge in [-0.15, -0.1) is 0 Å². The maximum atomic E-state index is 11.7. The lowest BCUT2D eigenvalue weighted by Gasteiger charge is -2.13. The Bertz CT molecular complexity index is 1100. The molecule has 0 bridgehead atoms. The molecule has 4 aromatic rings. The molecule has 0 atom stereocenters. The van der Waals surface area contributed by atoms with Crippen LogP contribution < -0.4 is 5.32 Å². The van der Waals surface area contributed by atoms with E-state index in [1.54, 1.807) is 6.20 Å². The summed E-state index contributed by atoms with van der Waals surface area (Å²) < 4.78 is 4.77. The molecule has 0 radical (unpaired) electrons. The van der Waals surface area contributed by atoms with Crippen LogP contribution in [0, 0.1) is 0 Å². The van der Waals surface area contributed by atoms with Crippen molar-refractivity contribution in [1.82, 2.24) is 9.97 Å². The zero-order valence-electron chi connectivity index (χ0n) is 14.3. The summed E-state index contributed by atoms with van der Waals surface area (Å²) >= 11 is 0. The molecule has 26 heavy (non-hydrogen) atoms. The van der Waals surface area contributed by atoms with Crippen LogP contribution in [-0.2, 0) is 16.0 Å². The molecule has 2 heterocycles. The Kier molecular flexibility index (Phi) is 4.19. The van der Waals surface area contributed by atoms with E-state index in [9.17, 15) is 4.79 Å². The van der Waals surface area contributed by atoms with Crippen molar-refractivity contribution < 1.29 is 9.53 Å². The Morgan fingerprint density at radius 1 is 1.04 bits per heavy atom. The third-order valence-corrected chi connectivity index (χ3v) is 4.22. The number of carbonyl (C=O) groups excluding carboxylic acids is 1. The van der Waals surface area contributed by atoms with Crippen LogP contribution >= 0.6 is 0 Å². The molecule has 0 saturated heterocycles. The fraction of sp³-hybridized carbons (Fsp3) is 0.0952. The summed E-state index contributed by atoms with van der Waals surface area (Å²) in [4.78, 5) is 20.7. The van der Waals surface area contributed by atoms with Gasteiger partial charge in [-0.05, 0) is 24.3 Å². The number of nitrogens with one attached hydrogen (secondary N) is 1. The number of ether oxygens (including phenoxy) is 1. The molecule has 0 amide bonds. The van der Waals surface area contributed by atoms with Crippen LogP contribution in [0.4, 0.5) is 11.4 Å². The average molecular weight is 343 g/mol. The molecule has 0 spiro atoms. The van der Waals surface area contributed by atoms with Gasteiger partial charge in [0.1, 0.15) is 0 Å². The highest BCUT2D eigenvalue weighted by Gasteiger charge is 2.11. The molecular formula is C21H17N3O2. The lowest BCUT2D eigenvalue weighted by Crippen LogP contribution is -2.07. The molecule has 0 saturated carbocycles. The minimum Gasteiger partial charge on any atom is -0.469 e. The molecule has 2 aromatic carbocycles. The summed E-state index contributed by atoms with van der Waals surface area (Å²) in [6.45, 7) is 0. The van der Waals surface area contributed by atoms with E-state index >= 15 is 0 Å². The summed E-state index contributed by atoms with van der Waals surface area (Å²) in [7, 11) is 1.38. The van der Waals surface area contributed by atoms with Crippen molar-refractivity contribution in [2.75, 3.05) is 12.4 Å². The van der Waals surface area contributed by atoms with Crippen LogP contribution in [0.3, 0.4) is 0 Å². The summed E-state index contributed by atoms with van der Waals surface area (Å²) in [5.41, 5.74) is 4.16. The second kappa shape index (κ2) is 6.80. The fourth-order valence-corrected chi connectivity index (χ4v) is 2.99. The van der Waals surface area contributed by atoms with Crippen molar-refractivity contribution in [3.05, 3.63) is 72.6 Å². The molecule has 128 valence electrons. The zero-order valence-corrected chi connectivity index (χ0v) is 14.3. The summed E-state index contributed by atoms with van der Waals surface area (Å²) in [6, 6.07) is 19.7. The number of fused-ring (bicyclic) bond motifs is 2. The van der Waals surface area contributed by atoms with E-state index in [2.05, 4.69) is 15.3 Å². The molecule has 0 aliphatic carbocycles. The number of hydrogen-bond acceptors (Lipinski definition) is 5. The van der Waals surface area contributed by atoms with E-state index in [1.807, 2.05) is 60.7 Å².